The van der Waals surface area contributed by atoms with E-state index < -0.39 is 6.10 Å². The van der Waals surface area contributed by atoms with Gasteiger partial charge in [-0.25, -0.2) is 0 Å². The summed E-state index contributed by atoms with van der Waals surface area (Å²) < 4.78 is 11.5. The molecule has 1 aromatic carbocycles. The molecule has 1 N–H and O–H groups in total. The van der Waals surface area contributed by atoms with Gasteiger partial charge in [-0.15, -0.1) is 0 Å². The molecule has 3 heteroatoms. The van der Waals surface area contributed by atoms with Crippen LogP contribution in [0.25, 0.3) is 0 Å². The topological polar surface area (TPSA) is 38.7 Å². The number of hydrogen-bond donors (Lipinski definition) is 1. The van der Waals surface area contributed by atoms with Crippen LogP contribution in [0.2, 0.25) is 0 Å². The first-order valence-electron chi connectivity index (χ1n) is 8.11. The van der Waals surface area contributed by atoms with Crippen LogP contribution in [-0.4, -0.2) is 23.9 Å². The van der Waals surface area contributed by atoms with Gasteiger partial charge in [0.1, 0.15) is 11.9 Å². The van der Waals surface area contributed by atoms with E-state index in [-0.39, 0.29) is 6.10 Å². The molecule has 1 aromatic rings. The van der Waals surface area contributed by atoms with Crippen molar-refractivity contribution in [2.45, 2.75) is 64.8 Å². The van der Waals surface area contributed by atoms with Crippen LogP contribution in [0.5, 0.6) is 5.75 Å². The van der Waals surface area contributed by atoms with Crippen LogP contribution in [0.4, 0.5) is 0 Å². The third-order valence-corrected chi connectivity index (χ3v) is 4.09. The zero-order chi connectivity index (χ0) is 15.2. The molecule has 0 spiro atoms. The van der Waals surface area contributed by atoms with Crippen LogP contribution < -0.4 is 4.74 Å². The standard InChI is InChI=1S/C18H28O3/c1-13(2)21-17-10-6-15(7-11-17)18(19)12-20-16-8-4-14(3)5-9-16/h6-7,10-11,13-14,16,18-19H,4-5,8-9,12H2,1-3H3. The quantitative estimate of drug-likeness (QED) is 0.858. The molecule has 3 nitrogen and oxygen atoms in total. The average Bonchev–Trinajstić information content (AvgIpc) is 2.46. The predicted molar refractivity (Wildman–Crippen MR) is 84.5 cm³/mol. The normalized spacial score (nSPS) is 24.0. The van der Waals surface area contributed by atoms with E-state index in [9.17, 15) is 5.11 Å². The van der Waals surface area contributed by atoms with Crippen molar-refractivity contribution >= 4 is 0 Å². The minimum absolute atomic E-state index is 0.165. The molecule has 1 atom stereocenters. The highest BCUT2D eigenvalue weighted by molar-refractivity contribution is 5.28. The lowest BCUT2D eigenvalue weighted by molar-refractivity contribution is -0.0294. The number of hydrogen-bond acceptors (Lipinski definition) is 3. The monoisotopic (exact) mass is 292 g/mol. The van der Waals surface area contributed by atoms with Gasteiger partial charge < -0.3 is 14.6 Å². The highest BCUT2D eigenvalue weighted by Gasteiger charge is 2.20. The molecule has 118 valence electrons. The second-order valence-corrected chi connectivity index (χ2v) is 6.47. The number of aliphatic hydroxyl groups excluding tert-OH is 1. The van der Waals surface area contributed by atoms with Gasteiger partial charge in [0.15, 0.2) is 0 Å². The fourth-order valence-corrected chi connectivity index (χ4v) is 2.76. The van der Waals surface area contributed by atoms with Gasteiger partial charge in [0.05, 0.1) is 18.8 Å². The predicted octanol–water partition coefficient (Wildman–Crippen LogP) is 4.10. The Bertz CT molecular complexity index is 405. The second-order valence-electron chi connectivity index (χ2n) is 6.47. The Balaban J connectivity index is 1.78. The summed E-state index contributed by atoms with van der Waals surface area (Å²) >= 11 is 0. The Labute approximate surface area is 128 Å². The second kappa shape index (κ2) is 7.81. The Kier molecular flexibility index (Phi) is 6.07. The molecule has 0 aliphatic heterocycles. The molecule has 2 rings (SSSR count). The molecular weight excluding hydrogens is 264 g/mol. The van der Waals surface area contributed by atoms with Gasteiger partial charge in [0.25, 0.3) is 0 Å². The minimum Gasteiger partial charge on any atom is -0.491 e. The maximum Gasteiger partial charge on any atom is 0.119 e. The zero-order valence-electron chi connectivity index (χ0n) is 13.4. The zero-order valence-corrected chi connectivity index (χ0v) is 13.4. The highest BCUT2D eigenvalue weighted by Crippen LogP contribution is 2.27. The van der Waals surface area contributed by atoms with Crippen molar-refractivity contribution in [2.24, 2.45) is 5.92 Å². The lowest BCUT2D eigenvalue weighted by Gasteiger charge is -2.27. The van der Waals surface area contributed by atoms with Crippen LogP contribution in [0.1, 0.15) is 58.1 Å². The highest BCUT2D eigenvalue weighted by atomic mass is 16.5. The Hall–Kier alpha value is -1.06. The number of rotatable bonds is 6. The molecule has 0 bridgehead atoms. The summed E-state index contributed by atoms with van der Waals surface area (Å²) in [6, 6.07) is 7.63. The van der Waals surface area contributed by atoms with Gasteiger partial charge in [-0.3, -0.25) is 0 Å². The number of aliphatic hydroxyl groups is 1. The van der Waals surface area contributed by atoms with Gasteiger partial charge in [0.2, 0.25) is 0 Å². The van der Waals surface area contributed by atoms with Crippen molar-refractivity contribution in [3.63, 3.8) is 0 Å². The van der Waals surface area contributed by atoms with Crippen LogP contribution in [0.15, 0.2) is 24.3 Å². The molecular formula is C18H28O3. The molecule has 0 aromatic heterocycles. The smallest absolute Gasteiger partial charge is 0.119 e. The van der Waals surface area contributed by atoms with Crippen molar-refractivity contribution in [1.82, 2.24) is 0 Å². The average molecular weight is 292 g/mol. The molecule has 0 saturated heterocycles. The summed E-state index contributed by atoms with van der Waals surface area (Å²) in [4.78, 5) is 0. The summed E-state index contributed by atoms with van der Waals surface area (Å²) in [7, 11) is 0. The first-order valence-corrected chi connectivity index (χ1v) is 8.11. The third-order valence-electron chi connectivity index (χ3n) is 4.09. The van der Waals surface area contributed by atoms with E-state index in [1.807, 2.05) is 38.1 Å². The van der Waals surface area contributed by atoms with Crippen molar-refractivity contribution in [3.05, 3.63) is 29.8 Å². The van der Waals surface area contributed by atoms with Gasteiger partial charge in [-0.1, -0.05) is 19.1 Å². The van der Waals surface area contributed by atoms with Crippen LogP contribution in [0.3, 0.4) is 0 Å². The van der Waals surface area contributed by atoms with Crippen molar-refractivity contribution < 1.29 is 14.6 Å². The van der Waals surface area contributed by atoms with Crippen molar-refractivity contribution in [2.75, 3.05) is 6.61 Å². The van der Waals surface area contributed by atoms with Crippen molar-refractivity contribution in [3.8, 4) is 5.75 Å². The number of ether oxygens (including phenoxy) is 2. The molecule has 1 aliphatic carbocycles. The Morgan fingerprint density at radius 1 is 1.10 bits per heavy atom. The van der Waals surface area contributed by atoms with Gasteiger partial charge in [-0.2, -0.15) is 0 Å². The first-order chi connectivity index (χ1) is 10.0. The summed E-state index contributed by atoms with van der Waals surface area (Å²) in [5, 5.41) is 10.2. The van der Waals surface area contributed by atoms with E-state index in [1.54, 1.807) is 0 Å². The minimum atomic E-state index is -0.558. The van der Waals surface area contributed by atoms with Crippen molar-refractivity contribution in [1.29, 1.82) is 0 Å². The molecule has 0 heterocycles. The van der Waals surface area contributed by atoms with Crippen LogP contribution >= 0.6 is 0 Å². The van der Waals surface area contributed by atoms with E-state index in [4.69, 9.17) is 9.47 Å². The molecule has 21 heavy (non-hydrogen) atoms. The van der Waals surface area contributed by atoms with E-state index in [2.05, 4.69) is 6.92 Å². The number of benzene rings is 1. The third kappa shape index (κ3) is 5.33. The molecule has 1 fully saturated rings. The Morgan fingerprint density at radius 2 is 1.71 bits per heavy atom. The molecule has 0 radical (unpaired) electrons. The molecule has 0 amide bonds. The molecule has 1 unspecified atom stereocenters. The maximum absolute atomic E-state index is 10.2. The molecule has 1 aliphatic rings. The van der Waals surface area contributed by atoms with E-state index in [1.165, 1.54) is 12.8 Å². The fraction of sp³-hybridized carbons (Fsp3) is 0.667. The Morgan fingerprint density at radius 3 is 2.29 bits per heavy atom. The van der Waals surface area contributed by atoms with E-state index >= 15 is 0 Å². The largest absolute Gasteiger partial charge is 0.491 e. The van der Waals surface area contributed by atoms with E-state index in [0.717, 1.165) is 30.1 Å². The van der Waals surface area contributed by atoms with Crippen LogP contribution in [0, 0.1) is 5.92 Å². The van der Waals surface area contributed by atoms with Gasteiger partial charge in [0, 0.05) is 0 Å². The van der Waals surface area contributed by atoms with E-state index in [0.29, 0.717) is 12.7 Å². The summed E-state index contributed by atoms with van der Waals surface area (Å²) in [6.07, 6.45) is 4.64. The lowest BCUT2D eigenvalue weighted by atomic mass is 9.89. The molecule has 1 saturated carbocycles. The van der Waals surface area contributed by atoms with Gasteiger partial charge in [-0.05, 0) is 63.1 Å². The van der Waals surface area contributed by atoms with Crippen LogP contribution in [-0.2, 0) is 4.74 Å². The summed E-state index contributed by atoms with van der Waals surface area (Å²) in [6.45, 7) is 6.68. The summed E-state index contributed by atoms with van der Waals surface area (Å²) in [5.41, 5.74) is 0.885. The lowest BCUT2D eigenvalue weighted by Crippen LogP contribution is -2.22. The SMILES string of the molecule is CC1CCC(OCC(O)c2ccc(OC(C)C)cc2)CC1. The first kappa shape index (κ1) is 16.3. The fourth-order valence-electron chi connectivity index (χ4n) is 2.76. The summed E-state index contributed by atoms with van der Waals surface area (Å²) in [5.74, 6) is 1.66. The van der Waals surface area contributed by atoms with Gasteiger partial charge >= 0.3 is 0 Å². The maximum atomic E-state index is 10.2.